The van der Waals surface area contributed by atoms with Crippen molar-refractivity contribution < 1.29 is 0 Å². The van der Waals surface area contributed by atoms with E-state index in [1.165, 1.54) is 38.5 Å². The minimum absolute atomic E-state index is 0.531. The number of rotatable bonds is 6. The van der Waals surface area contributed by atoms with Crippen LogP contribution in [0.25, 0.3) is 0 Å². The summed E-state index contributed by atoms with van der Waals surface area (Å²) in [4.78, 5) is 0. The highest BCUT2D eigenvalue weighted by molar-refractivity contribution is 4.80. The van der Waals surface area contributed by atoms with Gasteiger partial charge in [-0.25, -0.2) is 0 Å². The van der Waals surface area contributed by atoms with Crippen molar-refractivity contribution in [1.29, 1.82) is 0 Å². The maximum atomic E-state index is 5.85. The predicted octanol–water partition coefficient (Wildman–Crippen LogP) is 2.45. The van der Waals surface area contributed by atoms with E-state index in [-0.39, 0.29) is 0 Å². The van der Waals surface area contributed by atoms with Crippen molar-refractivity contribution in [3.63, 3.8) is 0 Å². The Morgan fingerprint density at radius 3 is 2.47 bits per heavy atom. The van der Waals surface area contributed by atoms with Gasteiger partial charge in [0.1, 0.15) is 0 Å². The Labute approximate surface area is 94.3 Å². The first-order valence-corrected chi connectivity index (χ1v) is 6.43. The summed E-state index contributed by atoms with van der Waals surface area (Å²) in [6.07, 6.45) is 11.4. The maximum absolute atomic E-state index is 5.85. The van der Waals surface area contributed by atoms with E-state index in [9.17, 15) is 0 Å². The highest BCUT2D eigenvalue weighted by Crippen LogP contribution is 2.25. The van der Waals surface area contributed by atoms with Gasteiger partial charge in [-0.1, -0.05) is 31.8 Å². The molecule has 2 nitrogen and oxygen atoms in total. The molecule has 1 aliphatic carbocycles. The van der Waals surface area contributed by atoms with Gasteiger partial charge in [-0.15, -0.1) is 6.58 Å². The molecule has 1 fully saturated rings. The molecule has 0 aliphatic heterocycles. The van der Waals surface area contributed by atoms with Crippen LogP contribution in [0.1, 0.15) is 44.9 Å². The van der Waals surface area contributed by atoms with Crippen LogP contribution < -0.4 is 11.1 Å². The predicted molar refractivity (Wildman–Crippen MR) is 66.9 cm³/mol. The lowest BCUT2D eigenvalue weighted by Gasteiger charge is -2.25. The second-order valence-electron chi connectivity index (χ2n) is 4.63. The normalized spacial score (nSPS) is 20.9. The minimum Gasteiger partial charge on any atom is -0.329 e. The number of nitrogens with two attached hydrogens (primary N) is 1. The van der Waals surface area contributed by atoms with E-state index >= 15 is 0 Å². The van der Waals surface area contributed by atoms with Crippen LogP contribution in [0.5, 0.6) is 0 Å². The van der Waals surface area contributed by atoms with Crippen LogP contribution in [0, 0.1) is 5.92 Å². The zero-order valence-electron chi connectivity index (χ0n) is 9.88. The Morgan fingerprint density at radius 1 is 1.27 bits per heavy atom. The van der Waals surface area contributed by atoms with Crippen molar-refractivity contribution in [1.82, 2.24) is 5.32 Å². The average molecular weight is 210 g/mol. The lowest BCUT2D eigenvalue weighted by atomic mass is 9.92. The van der Waals surface area contributed by atoms with Gasteiger partial charge in [-0.3, -0.25) is 0 Å². The molecule has 1 saturated carbocycles. The van der Waals surface area contributed by atoms with Gasteiger partial charge in [-0.2, -0.15) is 0 Å². The molecule has 0 saturated heterocycles. The molecule has 1 rings (SSSR count). The summed E-state index contributed by atoms with van der Waals surface area (Å²) in [7, 11) is 0. The molecule has 0 aromatic heterocycles. The maximum Gasteiger partial charge on any atom is 0.0218 e. The smallest absolute Gasteiger partial charge is 0.0218 e. The summed E-state index contributed by atoms with van der Waals surface area (Å²) in [6, 6.07) is 0.531. The largest absolute Gasteiger partial charge is 0.329 e. The third kappa shape index (κ3) is 4.80. The molecule has 0 spiro atoms. The van der Waals surface area contributed by atoms with Gasteiger partial charge in [0, 0.05) is 12.6 Å². The Bertz CT molecular complexity index is 160. The molecule has 1 atom stereocenters. The fourth-order valence-electron chi connectivity index (χ4n) is 2.53. The van der Waals surface area contributed by atoms with E-state index in [4.69, 9.17) is 5.73 Å². The summed E-state index contributed by atoms with van der Waals surface area (Å²) < 4.78 is 0. The zero-order valence-corrected chi connectivity index (χ0v) is 9.88. The second kappa shape index (κ2) is 7.89. The molecule has 0 bridgehead atoms. The van der Waals surface area contributed by atoms with Crippen molar-refractivity contribution in [3.05, 3.63) is 12.7 Å². The van der Waals surface area contributed by atoms with Gasteiger partial charge in [0.15, 0.2) is 0 Å². The molecule has 1 aliphatic rings. The molecular weight excluding hydrogens is 184 g/mol. The molecule has 1 unspecified atom stereocenters. The monoisotopic (exact) mass is 210 g/mol. The van der Waals surface area contributed by atoms with Crippen molar-refractivity contribution in [2.24, 2.45) is 11.7 Å². The first kappa shape index (κ1) is 12.7. The van der Waals surface area contributed by atoms with Crippen LogP contribution >= 0.6 is 0 Å². The number of hydrogen-bond donors (Lipinski definition) is 2. The van der Waals surface area contributed by atoms with E-state index in [0.29, 0.717) is 6.04 Å². The van der Waals surface area contributed by atoms with E-state index in [1.807, 2.05) is 6.08 Å². The fourth-order valence-corrected chi connectivity index (χ4v) is 2.53. The molecule has 0 amide bonds. The first-order valence-electron chi connectivity index (χ1n) is 6.43. The van der Waals surface area contributed by atoms with Gasteiger partial charge in [0.2, 0.25) is 0 Å². The lowest BCUT2D eigenvalue weighted by molar-refractivity contribution is 0.326. The standard InChI is InChI=1S/C13H26N2/c1-2-3-10-15-13(11-14)12-8-6-4-5-7-9-12/h2,12-13,15H,1,3-11,14H2. The van der Waals surface area contributed by atoms with E-state index in [2.05, 4.69) is 11.9 Å². The van der Waals surface area contributed by atoms with Crippen molar-refractivity contribution in [2.75, 3.05) is 13.1 Å². The highest BCUT2D eigenvalue weighted by Gasteiger charge is 2.20. The summed E-state index contributed by atoms with van der Waals surface area (Å²) in [6.45, 7) is 5.55. The number of hydrogen-bond acceptors (Lipinski definition) is 2. The SMILES string of the molecule is C=CCCNC(CN)C1CCCCCC1. The van der Waals surface area contributed by atoms with E-state index in [0.717, 1.165) is 25.4 Å². The molecule has 2 heteroatoms. The van der Waals surface area contributed by atoms with Gasteiger partial charge in [0.25, 0.3) is 0 Å². The van der Waals surface area contributed by atoms with Crippen LogP contribution in [0.2, 0.25) is 0 Å². The molecule has 0 aromatic carbocycles. The second-order valence-corrected chi connectivity index (χ2v) is 4.63. The van der Waals surface area contributed by atoms with Crippen molar-refractivity contribution in [2.45, 2.75) is 51.0 Å². The minimum atomic E-state index is 0.531. The average Bonchev–Trinajstić information content (AvgIpc) is 2.53. The summed E-state index contributed by atoms with van der Waals surface area (Å²) in [5.74, 6) is 0.808. The molecule has 0 heterocycles. The third-order valence-corrected chi connectivity index (χ3v) is 3.48. The quantitative estimate of drug-likeness (QED) is 0.401. The van der Waals surface area contributed by atoms with Gasteiger partial charge in [0.05, 0.1) is 0 Å². The Hall–Kier alpha value is -0.340. The van der Waals surface area contributed by atoms with E-state index < -0.39 is 0 Å². The van der Waals surface area contributed by atoms with Gasteiger partial charge < -0.3 is 11.1 Å². The van der Waals surface area contributed by atoms with Crippen LogP contribution in [0.15, 0.2) is 12.7 Å². The summed E-state index contributed by atoms with van der Waals surface area (Å²) in [5, 5.41) is 3.57. The fraction of sp³-hybridized carbons (Fsp3) is 0.846. The van der Waals surface area contributed by atoms with Crippen LogP contribution in [0.4, 0.5) is 0 Å². The van der Waals surface area contributed by atoms with Gasteiger partial charge in [-0.05, 0) is 31.7 Å². The van der Waals surface area contributed by atoms with Crippen LogP contribution in [-0.2, 0) is 0 Å². The van der Waals surface area contributed by atoms with Crippen LogP contribution in [-0.4, -0.2) is 19.1 Å². The Kier molecular flexibility index (Phi) is 6.69. The molecule has 15 heavy (non-hydrogen) atoms. The highest BCUT2D eigenvalue weighted by atomic mass is 14.9. The third-order valence-electron chi connectivity index (χ3n) is 3.48. The molecule has 0 radical (unpaired) electrons. The molecule has 0 aromatic rings. The molecule has 88 valence electrons. The van der Waals surface area contributed by atoms with Crippen molar-refractivity contribution in [3.8, 4) is 0 Å². The Balaban J connectivity index is 2.30. The Morgan fingerprint density at radius 2 is 1.93 bits per heavy atom. The van der Waals surface area contributed by atoms with Crippen LogP contribution in [0.3, 0.4) is 0 Å². The van der Waals surface area contributed by atoms with Crippen molar-refractivity contribution >= 4 is 0 Å². The van der Waals surface area contributed by atoms with E-state index in [1.54, 1.807) is 0 Å². The number of nitrogens with one attached hydrogen (secondary N) is 1. The van der Waals surface area contributed by atoms with Gasteiger partial charge >= 0.3 is 0 Å². The molecule has 3 N–H and O–H groups in total. The topological polar surface area (TPSA) is 38.0 Å². The summed E-state index contributed by atoms with van der Waals surface area (Å²) in [5.41, 5.74) is 5.85. The zero-order chi connectivity index (χ0) is 10.9. The lowest BCUT2D eigenvalue weighted by Crippen LogP contribution is -2.42. The molecular formula is C13H26N2. The summed E-state index contributed by atoms with van der Waals surface area (Å²) >= 11 is 0. The first-order chi connectivity index (χ1) is 7.38.